The molecule has 0 amide bonds. The van der Waals surface area contributed by atoms with Gasteiger partial charge in [0, 0.05) is 11.6 Å². The predicted molar refractivity (Wildman–Crippen MR) is 121 cm³/mol. The smallest absolute Gasteiger partial charge is 0.0187 e. The molecule has 2 fully saturated rings. The van der Waals surface area contributed by atoms with Crippen LogP contribution in [-0.2, 0) is 0 Å². The molecule has 4 atom stereocenters. The van der Waals surface area contributed by atoms with E-state index in [2.05, 4.69) is 32.6 Å². The van der Waals surface area contributed by atoms with Gasteiger partial charge in [0.1, 0.15) is 0 Å². The molecule has 2 rings (SSSR count). The maximum atomic E-state index is 3.06. The minimum atomic E-state index is 0.483. The molecule has 2 aliphatic rings. The van der Waals surface area contributed by atoms with Gasteiger partial charge in [0.25, 0.3) is 0 Å². The molecule has 1 aliphatic carbocycles. The van der Waals surface area contributed by atoms with Crippen LogP contribution in [0.25, 0.3) is 0 Å². The summed E-state index contributed by atoms with van der Waals surface area (Å²) in [4.78, 5) is 3.06. The average molecular weight is 378 g/mol. The second kappa shape index (κ2) is 12.5. The van der Waals surface area contributed by atoms with Crippen molar-refractivity contribution in [3.8, 4) is 0 Å². The van der Waals surface area contributed by atoms with E-state index in [9.17, 15) is 0 Å². The van der Waals surface area contributed by atoms with Gasteiger partial charge < -0.3 is 0 Å². The number of fused-ring (bicyclic) bond motifs is 1. The fourth-order valence-electron chi connectivity index (χ4n) is 6.40. The van der Waals surface area contributed by atoms with Crippen molar-refractivity contribution in [2.45, 2.75) is 148 Å². The van der Waals surface area contributed by atoms with Crippen LogP contribution < -0.4 is 0 Å². The van der Waals surface area contributed by atoms with E-state index >= 15 is 0 Å². The summed E-state index contributed by atoms with van der Waals surface area (Å²) < 4.78 is 0. The standard InChI is InChI=1S/C26H51N/c1-5-8-11-13-17-23-22-26(4,20-16-12-9-6-2)27(21-10-7-3)25-19-15-14-18-24(23)25/h23-25H,5-22H2,1-4H3. The van der Waals surface area contributed by atoms with Crippen molar-refractivity contribution in [3.05, 3.63) is 0 Å². The van der Waals surface area contributed by atoms with Crippen molar-refractivity contribution in [2.24, 2.45) is 11.8 Å². The Hall–Kier alpha value is -0.0400. The number of hydrogen-bond donors (Lipinski definition) is 0. The van der Waals surface area contributed by atoms with Gasteiger partial charge in [0.05, 0.1) is 0 Å². The lowest BCUT2D eigenvalue weighted by atomic mass is 9.64. The first kappa shape index (κ1) is 23.2. The molecule has 160 valence electrons. The summed E-state index contributed by atoms with van der Waals surface area (Å²) in [6.45, 7) is 11.1. The Labute approximate surface area is 172 Å². The highest BCUT2D eigenvalue weighted by atomic mass is 15.2. The second-order valence-corrected chi connectivity index (χ2v) is 10.2. The Morgan fingerprint density at radius 1 is 0.778 bits per heavy atom. The van der Waals surface area contributed by atoms with Crippen molar-refractivity contribution < 1.29 is 0 Å². The van der Waals surface area contributed by atoms with Crippen LogP contribution in [0.2, 0.25) is 0 Å². The molecule has 1 saturated heterocycles. The van der Waals surface area contributed by atoms with Gasteiger partial charge >= 0.3 is 0 Å². The first-order valence-corrected chi connectivity index (χ1v) is 12.9. The first-order valence-electron chi connectivity index (χ1n) is 12.9. The Morgan fingerprint density at radius 2 is 1.44 bits per heavy atom. The van der Waals surface area contributed by atoms with Gasteiger partial charge in [-0.1, -0.05) is 97.8 Å². The predicted octanol–water partition coefficient (Wildman–Crippen LogP) is 8.37. The molecule has 0 aromatic heterocycles. The Bertz CT molecular complexity index is 378. The fraction of sp³-hybridized carbons (Fsp3) is 1.00. The molecule has 1 heteroatoms. The minimum Gasteiger partial charge on any atom is -0.295 e. The van der Waals surface area contributed by atoms with Crippen molar-refractivity contribution in [3.63, 3.8) is 0 Å². The zero-order valence-electron chi connectivity index (χ0n) is 19.4. The molecule has 1 saturated carbocycles. The lowest BCUT2D eigenvalue weighted by Gasteiger charge is -2.58. The zero-order valence-corrected chi connectivity index (χ0v) is 19.4. The molecule has 0 radical (unpaired) electrons. The number of unbranched alkanes of at least 4 members (excludes halogenated alkanes) is 7. The van der Waals surface area contributed by atoms with Gasteiger partial charge in [-0.25, -0.2) is 0 Å². The quantitative estimate of drug-likeness (QED) is 0.291. The molecule has 1 nitrogen and oxygen atoms in total. The summed E-state index contributed by atoms with van der Waals surface area (Å²) >= 11 is 0. The normalized spacial score (nSPS) is 31.8. The van der Waals surface area contributed by atoms with Gasteiger partial charge in [-0.3, -0.25) is 4.90 Å². The maximum Gasteiger partial charge on any atom is 0.0187 e. The third-order valence-corrected chi connectivity index (χ3v) is 7.93. The van der Waals surface area contributed by atoms with Gasteiger partial charge in [-0.15, -0.1) is 0 Å². The molecule has 4 unspecified atom stereocenters. The van der Waals surface area contributed by atoms with E-state index in [1.165, 1.54) is 116 Å². The van der Waals surface area contributed by atoms with Crippen LogP contribution in [0.5, 0.6) is 0 Å². The van der Waals surface area contributed by atoms with Crippen molar-refractivity contribution in [2.75, 3.05) is 6.54 Å². The van der Waals surface area contributed by atoms with E-state index in [1.54, 1.807) is 0 Å². The molecule has 0 bridgehead atoms. The Morgan fingerprint density at radius 3 is 2.15 bits per heavy atom. The lowest BCUT2D eigenvalue weighted by Crippen LogP contribution is -2.61. The average Bonchev–Trinajstić information content (AvgIpc) is 2.68. The second-order valence-electron chi connectivity index (χ2n) is 10.2. The molecule has 1 heterocycles. The van der Waals surface area contributed by atoms with Crippen molar-refractivity contribution in [1.82, 2.24) is 4.90 Å². The van der Waals surface area contributed by atoms with Crippen LogP contribution in [0.3, 0.4) is 0 Å². The summed E-state index contributed by atoms with van der Waals surface area (Å²) in [6, 6.07) is 0.909. The summed E-state index contributed by atoms with van der Waals surface area (Å²) in [5, 5.41) is 0. The Balaban J connectivity index is 2.08. The highest BCUT2D eigenvalue weighted by molar-refractivity contribution is 5.02. The summed E-state index contributed by atoms with van der Waals surface area (Å²) in [5.41, 5.74) is 0.483. The van der Waals surface area contributed by atoms with Gasteiger partial charge in [0.2, 0.25) is 0 Å². The lowest BCUT2D eigenvalue weighted by molar-refractivity contribution is -0.0788. The van der Waals surface area contributed by atoms with Gasteiger partial charge in [0.15, 0.2) is 0 Å². The molecular formula is C26H51N. The van der Waals surface area contributed by atoms with Crippen LogP contribution in [0.4, 0.5) is 0 Å². The van der Waals surface area contributed by atoms with Gasteiger partial charge in [-0.05, 0) is 57.4 Å². The van der Waals surface area contributed by atoms with Crippen LogP contribution in [0.15, 0.2) is 0 Å². The van der Waals surface area contributed by atoms with E-state index in [-0.39, 0.29) is 0 Å². The van der Waals surface area contributed by atoms with Crippen LogP contribution >= 0.6 is 0 Å². The van der Waals surface area contributed by atoms with Crippen LogP contribution in [0.1, 0.15) is 137 Å². The Kier molecular flexibility index (Phi) is 10.8. The molecule has 0 aromatic carbocycles. The topological polar surface area (TPSA) is 3.24 Å². The molecule has 0 aromatic rings. The fourth-order valence-corrected chi connectivity index (χ4v) is 6.40. The SMILES string of the molecule is CCCCCCC1CC(C)(CCCCCC)N(CCCC)C2CCCCC12. The minimum absolute atomic E-state index is 0.483. The first-order chi connectivity index (χ1) is 13.2. The van der Waals surface area contributed by atoms with Crippen molar-refractivity contribution >= 4 is 0 Å². The molecule has 0 spiro atoms. The zero-order chi connectivity index (χ0) is 19.5. The third kappa shape index (κ3) is 6.76. The third-order valence-electron chi connectivity index (χ3n) is 7.93. The summed E-state index contributed by atoms with van der Waals surface area (Å²) in [6.07, 6.45) is 24.7. The highest BCUT2D eigenvalue weighted by Crippen LogP contribution is 2.49. The number of piperidine rings is 1. The van der Waals surface area contributed by atoms with E-state index in [0.717, 1.165) is 17.9 Å². The van der Waals surface area contributed by atoms with Gasteiger partial charge in [-0.2, -0.15) is 0 Å². The van der Waals surface area contributed by atoms with E-state index < -0.39 is 0 Å². The summed E-state index contributed by atoms with van der Waals surface area (Å²) in [7, 11) is 0. The van der Waals surface area contributed by atoms with Crippen molar-refractivity contribution in [1.29, 1.82) is 0 Å². The number of nitrogens with zero attached hydrogens (tertiary/aromatic N) is 1. The molecule has 0 N–H and O–H groups in total. The monoisotopic (exact) mass is 377 g/mol. The van der Waals surface area contributed by atoms with E-state index in [0.29, 0.717) is 5.54 Å². The summed E-state index contributed by atoms with van der Waals surface area (Å²) in [5.74, 6) is 2.03. The van der Waals surface area contributed by atoms with E-state index in [1.807, 2.05) is 0 Å². The van der Waals surface area contributed by atoms with Crippen LogP contribution in [-0.4, -0.2) is 23.0 Å². The number of hydrogen-bond acceptors (Lipinski definition) is 1. The van der Waals surface area contributed by atoms with Crippen LogP contribution in [0, 0.1) is 11.8 Å². The largest absolute Gasteiger partial charge is 0.295 e. The molecular weight excluding hydrogens is 326 g/mol. The number of likely N-dealkylation sites (tertiary alicyclic amines) is 1. The number of rotatable bonds is 13. The highest BCUT2D eigenvalue weighted by Gasteiger charge is 2.48. The molecule has 27 heavy (non-hydrogen) atoms. The molecule has 1 aliphatic heterocycles. The van der Waals surface area contributed by atoms with E-state index in [4.69, 9.17) is 0 Å². The maximum absolute atomic E-state index is 3.06.